The van der Waals surface area contributed by atoms with Crippen molar-refractivity contribution < 1.29 is 0 Å². The van der Waals surface area contributed by atoms with E-state index in [0.717, 1.165) is 18.5 Å². The third-order valence-corrected chi connectivity index (χ3v) is 3.41. The van der Waals surface area contributed by atoms with Crippen molar-refractivity contribution in [1.82, 2.24) is 10.3 Å². The second-order valence-electron chi connectivity index (χ2n) is 4.72. The smallest absolute Gasteiger partial charge is 0.0346 e. The van der Waals surface area contributed by atoms with Crippen molar-refractivity contribution in [1.29, 1.82) is 0 Å². The molecule has 3 rings (SSSR count). The first-order valence-corrected chi connectivity index (χ1v) is 5.89. The number of benzene rings is 1. The predicted molar refractivity (Wildman–Crippen MR) is 66.2 cm³/mol. The van der Waals surface area contributed by atoms with Gasteiger partial charge < -0.3 is 5.32 Å². The topological polar surface area (TPSA) is 24.9 Å². The van der Waals surface area contributed by atoms with Crippen LogP contribution in [0, 0.1) is 5.92 Å². The molecule has 0 aliphatic heterocycles. The highest BCUT2D eigenvalue weighted by atomic mass is 15.0. The molecule has 1 heterocycles. The molecule has 1 aromatic heterocycles. The fraction of sp³-hybridized carbons (Fsp3) is 0.357. The average molecular weight is 212 g/mol. The van der Waals surface area contributed by atoms with Crippen LogP contribution < -0.4 is 5.32 Å². The molecule has 2 atom stereocenters. The molecule has 0 bridgehead atoms. The van der Waals surface area contributed by atoms with E-state index in [1.807, 2.05) is 12.4 Å². The van der Waals surface area contributed by atoms with E-state index >= 15 is 0 Å². The summed E-state index contributed by atoms with van der Waals surface area (Å²) in [6.45, 7) is 3.22. The molecule has 0 amide bonds. The van der Waals surface area contributed by atoms with Crippen LogP contribution in [0.5, 0.6) is 0 Å². The van der Waals surface area contributed by atoms with Gasteiger partial charge in [-0.05, 0) is 23.3 Å². The van der Waals surface area contributed by atoms with Crippen molar-refractivity contribution in [3.63, 3.8) is 0 Å². The second kappa shape index (κ2) is 3.87. The molecule has 1 fully saturated rings. The van der Waals surface area contributed by atoms with Crippen molar-refractivity contribution in [3.8, 4) is 0 Å². The molecule has 2 nitrogen and oxygen atoms in total. The standard InChI is InChI=1S/C14H16N2/c1-10-6-14(10)16-9-12-8-15-7-11-4-2-3-5-13(11)12/h2-5,7-8,10,14,16H,6,9H2,1H3. The Kier molecular flexibility index (Phi) is 2.37. The molecule has 1 aliphatic carbocycles. The van der Waals surface area contributed by atoms with Crippen LogP contribution in [0.15, 0.2) is 36.7 Å². The first-order chi connectivity index (χ1) is 7.84. The molecule has 0 spiro atoms. The molecular formula is C14H16N2. The van der Waals surface area contributed by atoms with Gasteiger partial charge in [-0.25, -0.2) is 0 Å². The first-order valence-electron chi connectivity index (χ1n) is 5.89. The monoisotopic (exact) mass is 212 g/mol. The van der Waals surface area contributed by atoms with Crippen molar-refractivity contribution in [2.75, 3.05) is 0 Å². The van der Waals surface area contributed by atoms with Crippen LogP contribution in [0.4, 0.5) is 0 Å². The van der Waals surface area contributed by atoms with Crippen LogP contribution in [-0.4, -0.2) is 11.0 Å². The summed E-state index contributed by atoms with van der Waals surface area (Å²) in [6, 6.07) is 9.16. The number of hydrogen-bond donors (Lipinski definition) is 1. The van der Waals surface area contributed by atoms with E-state index in [-0.39, 0.29) is 0 Å². The maximum absolute atomic E-state index is 4.29. The molecule has 0 saturated heterocycles. The predicted octanol–water partition coefficient (Wildman–Crippen LogP) is 2.73. The third-order valence-electron chi connectivity index (χ3n) is 3.41. The Labute approximate surface area is 95.7 Å². The maximum atomic E-state index is 4.29. The van der Waals surface area contributed by atoms with Gasteiger partial charge >= 0.3 is 0 Å². The van der Waals surface area contributed by atoms with Gasteiger partial charge in [0.05, 0.1) is 0 Å². The van der Waals surface area contributed by atoms with Crippen LogP contribution in [-0.2, 0) is 6.54 Å². The van der Waals surface area contributed by atoms with Crippen LogP contribution >= 0.6 is 0 Å². The summed E-state index contributed by atoms with van der Waals surface area (Å²) in [5, 5.41) is 6.12. The summed E-state index contributed by atoms with van der Waals surface area (Å²) in [4.78, 5) is 4.29. The van der Waals surface area contributed by atoms with Crippen LogP contribution in [0.2, 0.25) is 0 Å². The summed E-state index contributed by atoms with van der Waals surface area (Å²) < 4.78 is 0. The average Bonchev–Trinajstić information content (AvgIpc) is 3.03. The van der Waals surface area contributed by atoms with E-state index in [1.165, 1.54) is 22.8 Å². The molecule has 2 unspecified atom stereocenters. The van der Waals surface area contributed by atoms with Crippen LogP contribution in [0.3, 0.4) is 0 Å². The Morgan fingerprint density at radius 3 is 2.94 bits per heavy atom. The highest BCUT2D eigenvalue weighted by Gasteiger charge is 2.31. The number of pyridine rings is 1. The molecule has 82 valence electrons. The number of nitrogens with zero attached hydrogens (tertiary/aromatic N) is 1. The van der Waals surface area contributed by atoms with Gasteiger partial charge in [-0.3, -0.25) is 4.98 Å². The third kappa shape index (κ3) is 1.81. The van der Waals surface area contributed by atoms with Gasteiger partial charge in [-0.1, -0.05) is 31.2 Å². The van der Waals surface area contributed by atoms with E-state index in [1.54, 1.807) is 0 Å². The van der Waals surface area contributed by atoms with Crippen molar-refractivity contribution in [2.24, 2.45) is 5.92 Å². The van der Waals surface area contributed by atoms with E-state index in [0.29, 0.717) is 0 Å². The van der Waals surface area contributed by atoms with E-state index in [2.05, 4.69) is 41.5 Å². The zero-order valence-corrected chi connectivity index (χ0v) is 9.48. The first kappa shape index (κ1) is 9.79. The summed E-state index contributed by atoms with van der Waals surface area (Å²) in [5.41, 5.74) is 1.30. The number of hydrogen-bond acceptors (Lipinski definition) is 2. The minimum Gasteiger partial charge on any atom is -0.310 e. The Morgan fingerprint density at radius 1 is 1.31 bits per heavy atom. The van der Waals surface area contributed by atoms with Gasteiger partial charge in [0.2, 0.25) is 0 Å². The lowest BCUT2D eigenvalue weighted by molar-refractivity contribution is 0.654. The molecule has 1 aromatic carbocycles. The van der Waals surface area contributed by atoms with Crippen molar-refractivity contribution in [2.45, 2.75) is 25.9 Å². The lowest BCUT2D eigenvalue weighted by Crippen LogP contribution is -2.17. The largest absolute Gasteiger partial charge is 0.310 e. The van der Waals surface area contributed by atoms with E-state index in [9.17, 15) is 0 Å². The highest BCUT2D eigenvalue weighted by molar-refractivity contribution is 5.84. The minimum absolute atomic E-state index is 0.721. The van der Waals surface area contributed by atoms with Gasteiger partial charge in [-0.2, -0.15) is 0 Å². The Balaban J connectivity index is 1.85. The zero-order valence-electron chi connectivity index (χ0n) is 9.48. The molecule has 1 N–H and O–H groups in total. The molecule has 2 aromatic rings. The lowest BCUT2D eigenvalue weighted by Gasteiger charge is -2.06. The van der Waals surface area contributed by atoms with Crippen molar-refractivity contribution >= 4 is 10.8 Å². The quantitative estimate of drug-likeness (QED) is 0.846. The number of aromatic nitrogens is 1. The molecule has 2 heteroatoms. The molecule has 0 radical (unpaired) electrons. The Morgan fingerprint density at radius 2 is 2.12 bits per heavy atom. The SMILES string of the molecule is CC1CC1NCc1cncc2ccccc12. The minimum atomic E-state index is 0.721. The van der Waals surface area contributed by atoms with E-state index < -0.39 is 0 Å². The van der Waals surface area contributed by atoms with Gasteiger partial charge in [0.15, 0.2) is 0 Å². The van der Waals surface area contributed by atoms with Crippen molar-refractivity contribution in [3.05, 3.63) is 42.2 Å². The summed E-state index contributed by atoms with van der Waals surface area (Å²) >= 11 is 0. The summed E-state index contributed by atoms with van der Waals surface area (Å²) in [6.07, 6.45) is 5.22. The number of nitrogens with one attached hydrogen (secondary N) is 1. The molecule has 16 heavy (non-hydrogen) atoms. The fourth-order valence-corrected chi connectivity index (χ4v) is 2.17. The lowest BCUT2D eigenvalue weighted by atomic mass is 10.1. The Hall–Kier alpha value is -1.41. The van der Waals surface area contributed by atoms with Gasteiger partial charge in [0.25, 0.3) is 0 Å². The molecule has 1 saturated carbocycles. The second-order valence-corrected chi connectivity index (χ2v) is 4.72. The Bertz CT molecular complexity index is 502. The molecule has 1 aliphatic rings. The van der Waals surface area contributed by atoms with Crippen LogP contribution in [0.1, 0.15) is 18.9 Å². The number of rotatable bonds is 3. The zero-order chi connectivity index (χ0) is 11.0. The molecular weight excluding hydrogens is 196 g/mol. The van der Waals surface area contributed by atoms with Gasteiger partial charge in [0, 0.05) is 30.4 Å². The van der Waals surface area contributed by atoms with Crippen LogP contribution in [0.25, 0.3) is 10.8 Å². The fourth-order valence-electron chi connectivity index (χ4n) is 2.17. The summed E-state index contributed by atoms with van der Waals surface area (Å²) in [7, 11) is 0. The number of fused-ring (bicyclic) bond motifs is 1. The highest BCUT2D eigenvalue weighted by Crippen LogP contribution is 2.29. The van der Waals surface area contributed by atoms with Gasteiger partial charge in [0.1, 0.15) is 0 Å². The van der Waals surface area contributed by atoms with Gasteiger partial charge in [-0.15, -0.1) is 0 Å². The van der Waals surface area contributed by atoms with E-state index in [4.69, 9.17) is 0 Å². The summed E-state index contributed by atoms with van der Waals surface area (Å²) in [5.74, 6) is 0.850. The normalized spacial score (nSPS) is 23.6. The maximum Gasteiger partial charge on any atom is 0.0346 e.